The molecular formula is C16H32O6Pb. The molecule has 7 heteroatoms. The first-order valence-electron chi connectivity index (χ1n) is 8.06. The van der Waals surface area contributed by atoms with Crippen LogP contribution in [0, 0.1) is 11.8 Å². The van der Waals surface area contributed by atoms with Crippen molar-refractivity contribution in [3.63, 3.8) is 0 Å². The normalized spacial score (nSPS) is 11.6. The SMILES string of the molecule is CCCCC(CC)C(=O)[O-].CCCCC(CC)C(=O)[O-].OO.[Pb+2]. The first kappa shape index (κ1) is 30.6. The minimum absolute atomic E-state index is 0. The summed E-state index contributed by atoms with van der Waals surface area (Å²) in [4.78, 5) is 20.7. The van der Waals surface area contributed by atoms with Crippen molar-refractivity contribution in [2.45, 2.75) is 79.1 Å². The Morgan fingerprint density at radius 3 is 1.17 bits per heavy atom. The van der Waals surface area contributed by atoms with Gasteiger partial charge in [-0.15, -0.1) is 0 Å². The third-order valence-corrected chi connectivity index (χ3v) is 3.46. The van der Waals surface area contributed by atoms with Crippen LogP contribution in [0.25, 0.3) is 0 Å². The molecule has 0 aromatic carbocycles. The molecule has 23 heavy (non-hydrogen) atoms. The molecule has 2 atom stereocenters. The van der Waals surface area contributed by atoms with Crippen molar-refractivity contribution in [3.8, 4) is 0 Å². The number of rotatable bonds is 10. The van der Waals surface area contributed by atoms with E-state index >= 15 is 0 Å². The topological polar surface area (TPSA) is 121 Å². The summed E-state index contributed by atoms with van der Waals surface area (Å²) in [5, 5.41) is 32.7. The minimum Gasteiger partial charge on any atom is -0.550 e. The molecule has 0 heterocycles. The van der Waals surface area contributed by atoms with Crippen LogP contribution in [0.3, 0.4) is 0 Å². The number of carboxylic acids is 2. The van der Waals surface area contributed by atoms with Gasteiger partial charge in [-0.2, -0.15) is 0 Å². The quantitative estimate of drug-likeness (QED) is 0.253. The summed E-state index contributed by atoms with van der Waals surface area (Å²) in [5.41, 5.74) is 0. The first-order chi connectivity index (χ1) is 10.4. The third-order valence-electron chi connectivity index (χ3n) is 3.46. The van der Waals surface area contributed by atoms with Crippen LogP contribution in [0.1, 0.15) is 79.1 Å². The van der Waals surface area contributed by atoms with Crippen LogP contribution in [0.2, 0.25) is 0 Å². The Balaban J connectivity index is -0.000000136. The molecule has 2 radical (unpaired) electrons. The number of aliphatic carboxylic acids is 2. The maximum absolute atomic E-state index is 10.3. The predicted octanol–water partition coefficient (Wildman–Crippen LogP) is 1.54. The number of carbonyl (C=O) groups is 2. The second-order valence-corrected chi connectivity index (χ2v) is 5.13. The summed E-state index contributed by atoms with van der Waals surface area (Å²) in [6.07, 6.45) is 7.04. The zero-order valence-corrected chi connectivity index (χ0v) is 18.7. The van der Waals surface area contributed by atoms with Crippen LogP contribution < -0.4 is 10.2 Å². The molecule has 0 aromatic rings. The Morgan fingerprint density at radius 1 is 0.783 bits per heavy atom. The van der Waals surface area contributed by atoms with Gasteiger partial charge in [-0.3, -0.25) is 10.5 Å². The number of carbonyl (C=O) groups excluding carboxylic acids is 2. The van der Waals surface area contributed by atoms with Crippen molar-refractivity contribution in [3.05, 3.63) is 0 Å². The molecule has 2 unspecified atom stereocenters. The van der Waals surface area contributed by atoms with Crippen molar-refractivity contribution < 1.29 is 30.3 Å². The van der Waals surface area contributed by atoms with Gasteiger partial charge in [0.1, 0.15) is 0 Å². The van der Waals surface area contributed by atoms with Crippen LogP contribution in [-0.4, -0.2) is 49.8 Å². The van der Waals surface area contributed by atoms with Gasteiger partial charge in [0.25, 0.3) is 0 Å². The second kappa shape index (κ2) is 24.0. The summed E-state index contributed by atoms with van der Waals surface area (Å²) in [6.45, 7) is 7.89. The average molecular weight is 528 g/mol. The van der Waals surface area contributed by atoms with Crippen LogP contribution >= 0.6 is 0 Å². The van der Waals surface area contributed by atoms with Crippen molar-refractivity contribution in [2.24, 2.45) is 11.8 Å². The number of hydrogen-bond donors (Lipinski definition) is 2. The molecule has 0 bridgehead atoms. The van der Waals surface area contributed by atoms with Crippen LogP contribution in [0.5, 0.6) is 0 Å². The van der Waals surface area contributed by atoms with Crippen LogP contribution in [0.4, 0.5) is 0 Å². The molecule has 0 aliphatic carbocycles. The molecule has 0 spiro atoms. The minimum atomic E-state index is -0.893. The molecule has 6 nitrogen and oxygen atoms in total. The summed E-state index contributed by atoms with van der Waals surface area (Å²) in [5.74, 6) is -2.23. The van der Waals surface area contributed by atoms with Gasteiger partial charge >= 0.3 is 27.3 Å². The van der Waals surface area contributed by atoms with E-state index in [9.17, 15) is 19.8 Å². The molecular weight excluding hydrogens is 495 g/mol. The van der Waals surface area contributed by atoms with E-state index in [-0.39, 0.29) is 39.1 Å². The van der Waals surface area contributed by atoms with E-state index in [2.05, 4.69) is 13.8 Å². The maximum atomic E-state index is 10.3. The molecule has 0 fully saturated rings. The zero-order valence-electron chi connectivity index (χ0n) is 14.8. The predicted molar refractivity (Wildman–Crippen MR) is 87.6 cm³/mol. The summed E-state index contributed by atoms with van der Waals surface area (Å²) >= 11 is 0. The average Bonchev–Trinajstić information content (AvgIpc) is 2.51. The van der Waals surface area contributed by atoms with E-state index in [0.717, 1.165) is 38.5 Å². The van der Waals surface area contributed by atoms with E-state index in [1.54, 1.807) is 0 Å². The standard InChI is InChI=1S/2C8H16O2.H2O2.Pb/c2*1-3-5-6-7(4-2)8(9)10;1-2;/h2*7H,3-6H2,1-2H3,(H,9,10);1-2H;/q;;;+2/p-2. The van der Waals surface area contributed by atoms with E-state index < -0.39 is 11.9 Å². The van der Waals surface area contributed by atoms with Crippen LogP contribution in [-0.2, 0) is 9.59 Å². The Hall–Kier alpha value is -0.218. The molecule has 2 N–H and O–H groups in total. The number of unbranched alkanes of at least 4 members (excludes halogenated alkanes) is 2. The van der Waals surface area contributed by atoms with Crippen molar-refractivity contribution in [1.82, 2.24) is 0 Å². The first-order valence-corrected chi connectivity index (χ1v) is 8.06. The monoisotopic (exact) mass is 528 g/mol. The molecule has 0 aliphatic rings. The van der Waals surface area contributed by atoms with E-state index in [1.165, 1.54) is 0 Å². The van der Waals surface area contributed by atoms with Gasteiger partial charge in [-0.25, -0.2) is 0 Å². The van der Waals surface area contributed by atoms with Gasteiger partial charge in [-0.1, -0.05) is 53.4 Å². The Labute approximate surface area is 160 Å². The van der Waals surface area contributed by atoms with Crippen molar-refractivity contribution in [1.29, 1.82) is 0 Å². The fourth-order valence-electron chi connectivity index (χ4n) is 1.88. The summed E-state index contributed by atoms with van der Waals surface area (Å²) < 4.78 is 0. The number of carboxylic acid groups (broad SMARTS) is 2. The van der Waals surface area contributed by atoms with Gasteiger partial charge in [0.2, 0.25) is 0 Å². The Morgan fingerprint density at radius 2 is 1.04 bits per heavy atom. The fourth-order valence-corrected chi connectivity index (χ4v) is 1.88. The van der Waals surface area contributed by atoms with E-state index in [4.69, 9.17) is 10.5 Å². The van der Waals surface area contributed by atoms with Gasteiger partial charge in [0, 0.05) is 11.9 Å². The van der Waals surface area contributed by atoms with Crippen LogP contribution in [0.15, 0.2) is 0 Å². The Bertz CT molecular complexity index is 235. The summed E-state index contributed by atoms with van der Waals surface area (Å²) in [7, 11) is 0. The van der Waals surface area contributed by atoms with E-state index in [1.807, 2.05) is 13.8 Å². The van der Waals surface area contributed by atoms with Gasteiger partial charge in [0.05, 0.1) is 0 Å². The molecule has 0 rings (SSSR count). The molecule has 0 amide bonds. The molecule has 0 saturated heterocycles. The largest absolute Gasteiger partial charge is 2.00 e. The molecule has 0 aliphatic heterocycles. The summed E-state index contributed by atoms with van der Waals surface area (Å²) in [6, 6.07) is 0. The molecule has 0 saturated carbocycles. The maximum Gasteiger partial charge on any atom is 2.00 e. The fraction of sp³-hybridized carbons (Fsp3) is 0.875. The van der Waals surface area contributed by atoms with Gasteiger partial charge < -0.3 is 19.8 Å². The molecule has 0 aromatic heterocycles. The third kappa shape index (κ3) is 21.8. The van der Waals surface area contributed by atoms with E-state index in [0.29, 0.717) is 12.8 Å². The number of hydrogen-bond acceptors (Lipinski definition) is 6. The molecule has 136 valence electrons. The van der Waals surface area contributed by atoms with Crippen molar-refractivity contribution in [2.75, 3.05) is 0 Å². The van der Waals surface area contributed by atoms with Crippen molar-refractivity contribution >= 4 is 39.2 Å². The van der Waals surface area contributed by atoms with Gasteiger partial charge in [0.15, 0.2) is 0 Å². The smallest absolute Gasteiger partial charge is 0.550 e. The Kier molecular flexibility index (Phi) is 32.0. The van der Waals surface area contributed by atoms with Gasteiger partial charge in [-0.05, 0) is 37.5 Å². The zero-order chi connectivity index (χ0) is 18.0. The second-order valence-electron chi connectivity index (χ2n) is 5.13.